The van der Waals surface area contributed by atoms with Crippen molar-refractivity contribution in [1.82, 2.24) is 4.98 Å². The maximum absolute atomic E-state index is 5.16. The smallest absolute Gasteiger partial charge is 0.137 e. The lowest BCUT2D eigenvalue weighted by molar-refractivity contribution is 0.413. The molecule has 1 aromatic rings. The van der Waals surface area contributed by atoms with Crippen molar-refractivity contribution in [2.75, 3.05) is 7.11 Å². The topological polar surface area (TPSA) is 22.1 Å². The minimum absolute atomic E-state index is 0.685. The number of rotatable bonds is 1. The monoisotopic (exact) mass is 133 g/mol. The highest BCUT2D eigenvalue weighted by molar-refractivity contribution is 5.42. The summed E-state index contributed by atoms with van der Waals surface area (Å²) in [5.74, 6) is 3.15. The molecule has 0 unspecified atom stereocenters. The fourth-order valence-electron chi connectivity index (χ4n) is 0.668. The van der Waals surface area contributed by atoms with E-state index in [1.165, 1.54) is 0 Å². The van der Waals surface area contributed by atoms with Crippen LogP contribution < -0.4 is 4.74 Å². The number of terminal acetylenes is 1. The molecule has 1 aromatic heterocycles. The molecule has 2 nitrogen and oxygen atoms in total. The first-order valence-electron chi connectivity index (χ1n) is 2.83. The van der Waals surface area contributed by atoms with Gasteiger partial charge in [-0.05, 0) is 6.07 Å². The Labute approximate surface area is 59.9 Å². The summed E-state index contributed by atoms with van der Waals surface area (Å²) in [4.78, 5) is 3.84. The zero-order chi connectivity index (χ0) is 7.40. The van der Waals surface area contributed by atoms with Gasteiger partial charge in [-0.1, -0.05) is 5.92 Å². The summed E-state index contributed by atoms with van der Waals surface area (Å²) in [6, 6.07) is 1.73. The highest BCUT2D eigenvalue weighted by Crippen LogP contribution is 2.13. The standard InChI is InChI=1S/C8H7NO/c1-3-7-6-9-5-4-8(7)10-2/h1,4-6H,2H3. The SMILES string of the molecule is C#Cc1cnccc1OC. The van der Waals surface area contributed by atoms with E-state index in [4.69, 9.17) is 11.2 Å². The quantitative estimate of drug-likeness (QED) is 0.534. The van der Waals surface area contributed by atoms with Crippen LogP contribution >= 0.6 is 0 Å². The van der Waals surface area contributed by atoms with Crippen molar-refractivity contribution in [2.45, 2.75) is 0 Å². The first-order chi connectivity index (χ1) is 4.88. The van der Waals surface area contributed by atoms with Gasteiger partial charge in [-0.25, -0.2) is 0 Å². The average Bonchev–Trinajstić information content (AvgIpc) is 2.04. The molecule has 50 valence electrons. The zero-order valence-electron chi connectivity index (χ0n) is 5.66. The van der Waals surface area contributed by atoms with Crippen LogP contribution in [0, 0.1) is 12.3 Å². The highest BCUT2D eigenvalue weighted by Gasteiger charge is 1.95. The van der Waals surface area contributed by atoms with Crippen LogP contribution in [0.15, 0.2) is 18.5 Å². The lowest BCUT2D eigenvalue weighted by Gasteiger charge is -1.99. The van der Waals surface area contributed by atoms with Gasteiger partial charge in [-0.15, -0.1) is 6.42 Å². The molecule has 2 heteroatoms. The van der Waals surface area contributed by atoms with Crippen LogP contribution in [0.4, 0.5) is 0 Å². The Balaban J connectivity index is 3.12. The van der Waals surface area contributed by atoms with Gasteiger partial charge in [0.15, 0.2) is 0 Å². The molecule has 10 heavy (non-hydrogen) atoms. The second-order valence-electron chi connectivity index (χ2n) is 1.72. The lowest BCUT2D eigenvalue weighted by Crippen LogP contribution is -1.87. The first kappa shape index (κ1) is 6.63. The first-order valence-corrected chi connectivity index (χ1v) is 2.83. The summed E-state index contributed by atoms with van der Waals surface area (Å²) < 4.78 is 4.95. The van der Waals surface area contributed by atoms with E-state index in [-0.39, 0.29) is 0 Å². The molecule has 0 spiro atoms. The molecule has 0 N–H and O–H groups in total. The molecule has 0 aromatic carbocycles. The van der Waals surface area contributed by atoms with Crippen LogP contribution in [0.1, 0.15) is 5.56 Å². The summed E-state index contributed by atoms with van der Waals surface area (Å²) in [6.45, 7) is 0. The van der Waals surface area contributed by atoms with Gasteiger partial charge in [0.05, 0.1) is 12.7 Å². The lowest BCUT2D eigenvalue weighted by atomic mass is 10.3. The van der Waals surface area contributed by atoms with Crippen molar-refractivity contribution in [3.8, 4) is 18.1 Å². The van der Waals surface area contributed by atoms with E-state index in [9.17, 15) is 0 Å². The normalized spacial score (nSPS) is 8.40. The number of aromatic nitrogens is 1. The number of hydrogen-bond donors (Lipinski definition) is 0. The Bertz CT molecular complexity index is 262. The van der Waals surface area contributed by atoms with E-state index in [2.05, 4.69) is 10.9 Å². The molecule has 0 radical (unpaired) electrons. The molecule has 0 aliphatic heterocycles. The zero-order valence-corrected chi connectivity index (χ0v) is 5.66. The third-order valence-electron chi connectivity index (χ3n) is 1.16. The van der Waals surface area contributed by atoms with Gasteiger partial charge in [0.2, 0.25) is 0 Å². The summed E-state index contributed by atoms with van der Waals surface area (Å²) in [6.07, 6.45) is 8.39. The molecule has 0 aliphatic carbocycles. The molecule has 1 rings (SSSR count). The second kappa shape index (κ2) is 2.88. The molecule has 0 aliphatic rings. The second-order valence-corrected chi connectivity index (χ2v) is 1.72. The summed E-state index contributed by atoms with van der Waals surface area (Å²) >= 11 is 0. The van der Waals surface area contributed by atoms with Gasteiger partial charge in [0.1, 0.15) is 5.75 Å². The Hall–Kier alpha value is -1.49. The number of nitrogens with zero attached hydrogens (tertiary/aromatic N) is 1. The molecule has 0 fully saturated rings. The maximum Gasteiger partial charge on any atom is 0.137 e. The molecule has 1 heterocycles. The van der Waals surface area contributed by atoms with Crippen molar-refractivity contribution in [3.05, 3.63) is 24.0 Å². The van der Waals surface area contributed by atoms with Crippen LogP contribution in [0.2, 0.25) is 0 Å². The fraction of sp³-hybridized carbons (Fsp3) is 0.125. The predicted octanol–water partition coefficient (Wildman–Crippen LogP) is 1.07. The van der Waals surface area contributed by atoms with Crippen molar-refractivity contribution >= 4 is 0 Å². The molecule has 0 atom stereocenters. The van der Waals surface area contributed by atoms with E-state index in [0.717, 1.165) is 0 Å². The summed E-state index contributed by atoms with van der Waals surface area (Å²) in [5.41, 5.74) is 0.685. The van der Waals surface area contributed by atoms with Gasteiger partial charge in [0, 0.05) is 12.4 Å². The molecule has 0 saturated carbocycles. The number of pyridine rings is 1. The van der Waals surface area contributed by atoms with Gasteiger partial charge in [-0.3, -0.25) is 4.98 Å². The van der Waals surface area contributed by atoms with Gasteiger partial charge >= 0.3 is 0 Å². The Morgan fingerprint density at radius 3 is 3.00 bits per heavy atom. The third kappa shape index (κ3) is 1.08. The number of methoxy groups -OCH3 is 1. The van der Waals surface area contributed by atoms with E-state index in [1.54, 1.807) is 25.6 Å². The average molecular weight is 133 g/mol. The predicted molar refractivity (Wildman–Crippen MR) is 38.7 cm³/mol. The molecular weight excluding hydrogens is 126 g/mol. The highest BCUT2D eigenvalue weighted by atomic mass is 16.5. The van der Waals surface area contributed by atoms with Gasteiger partial charge in [0.25, 0.3) is 0 Å². The molecule has 0 amide bonds. The third-order valence-corrected chi connectivity index (χ3v) is 1.16. The molecular formula is C8H7NO. The van der Waals surface area contributed by atoms with Crippen LogP contribution in [0.3, 0.4) is 0 Å². The van der Waals surface area contributed by atoms with E-state index < -0.39 is 0 Å². The number of ether oxygens (including phenoxy) is 1. The van der Waals surface area contributed by atoms with Crippen molar-refractivity contribution < 1.29 is 4.74 Å². The maximum atomic E-state index is 5.16. The van der Waals surface area contributed by atoms with Crippen molar-refractivity contribution in [3.63, 3.8) is 0 Å². The van der Waals surface area contributed by atoms with Crippen LogP contribution in [-0.2, 0) is 0 Å². The van der Waals surface area contributed by atoms with Crippen molar-refractivity contribution in [2.24, 2.45) is 0 Å². The van der Waals surface area contributed by atoms with E-state index in [0.29, 0.717) is 11.3 Å². The molecule has 0 saturated heterocycles. The molecule has 0 bridgehead atoms. The van der Waals surface area contributed by atoms with Crippen LogP contribution in [0.25, 0.3) is 0 Å². The fourth-order valence-corrected chi connectivity index (χ4v) is 0.668. The Morgan fingerprint density at radius 1 is 1.70 bits per heavy atom. The minimum Gasteiger partial charge on any atom is -0.495 e. The van der Waals surface area contributed by atoms with Crippen LogP contribution in [-0.4, -0.2) is 12.1 Å². The Morgan fingerprint density at radius 2 is 2.50 bits per heavy atom. The van der Waals surface area contributed by atoms with E-state index >= 15 is 0 Å². The van der Waals surface area contributed by atoms with E-state index in [1.807, 2.05) is 0 Å². The van der Waals surface area contributed by atoms with Gasteiger partial charge < -0.3 is 4.74 Å². The summed E-state index contributed by atoms with van der Waals surface area (Å²) in [5, 5.41) is 0. The number of hydrogen-bond acceptors (Lipinski definition) is 2. The summed E-state index contributed by atoms with van der Waals surface area (Å²) in [7, 11) is 1.58. The van der Waals surface area contributed by atoms with Crippen LogP contribution in [0.5, 0.6) is 5.75 Å². The Kier molecular flexibility index (Phi) is 1.91. The van der Waals surface area contributed by atoms with Gasteiger partial charge in [-0.2, -0.15) is 0 Å². The largest absolute Gasteiger partial charge is 0.495 e. The minimum atomic E-state index is 0.685. The van der Waals surface area contributed by atoms with Crippen molar-refractivity contribution in [1.29, 1.82) is 0 Å².